The smallest absolute Gasteiger partial charge is 0.243 e. The lowest BCUT2D eigenvalue weighted by Crippen LogP contribution is -2.39. The van der Waals surface area contributed by atoms with Crippen LogP contribution in [-0.4, -0.2) is 20.1 Å². The molecule has 0 saturated carbocycles. The summed E-state index contributed by atoms with van der Waals surface area (Å²) in [5.74, 6) is -0.936. The molecular formula is C15H17F2NO4S. The highest BCUT2D eigenvalue weighted by Crippen LogP contribution is 2.27. The van der Waals surface area contributed by atoms with Gasteiger partial charge in [-0.05, 0) is 45.0 Å². The first-order chi connectivity index (χ1) is 10.5. The van der Waals surface area contributed by atoms with E-state index in [4.69, 9.17) is 4.42 Å². The highest BCUT2D eigenvalue weighted by molar-refractivity contribution is 7.89. The normalized spacial score (nSPS) is 14.7. The minimum absolute atomic E-state index is 0.414. The Balaban J connectivity index is 2.25. The van der Waals surface area contributed by atoms with E-state index in [1.165, 1.54) is 6.92 Å². The van der Waals surface area contributed by atoms with Crippen molar-refractivity contribution < 1.29 is 26.7 Å². The number of hydrogen-bond donors (Lipinski definition) is 2. The molecule has 0 aliphatic carbocycles. The Morgan fingerprint density at radius 1 is 1.26 bits per heavy atom. The van der Waals surface area contributed by atoms with Gasteiger partial charge in [0.05, 0.1) is 0 Å². The van der Waals surface area contributed by atoms with Gasteiger partial charge < -0.3 is 9.52 Å². The van der Waals surface area contributed by atoms with Gasteiger partial charge in [-0.15, -0.1) is 0 Å². The molecule has 0 amide bonds. The van der Waals surface area contributed by atoms with Crippen LogP contribution in [0, 0.1) is 25.5 Å². The molecule has 0 aliphatic rings. The first kappa shape index (κ1) is 17.6. The SMILES string of the molecule is Cc1cc(C(C)(O)CNS(=O)(=O)c2cc(F)ccc2F)c(C)o1. The van der Waals surface area contributed by atoms with Crippen LogP contribution in [0.2, 0.25) is 0 Å². The second-order valence-electron chi connectivity index (χ2n) is 5.50. The monoisotopic (exact) mass is 345 g/mol. The fourth-order valence-corrected chi connectivity index (χ4v) is 3.48. The first-order valence-corrected chi connectivity index (χ1v) is 8.26. The van der Waals surface area contributed by atoms with Crippen molar-refractivity contribution in [3.8, 4) is 0 Å². The molecule has 0 fully saturated rings. The molecule has 0 radical (unpaired) electrons. The van der Waals surface area contributed by atoms with Gasteiger partial charge in [-0.2, -0.15) is 0 Å². The summed E-state index contributed by atoms with van der Waals surface area (Å²) in [6.07, 6.45) is 0. The molecule has 1 aromatic carbocycles. The lowest BCUT2D eigenvalue weighted by atomic mass is 9.97. The zero-order valence-corrected chi connectivity index (χ0v) is 13.7. The minimum atomic E-state index is -4.32. The molecule has 2 aromatic rings. The number of hydrogen-bond acceptors (Lipinski definition) is 4. The molecule has 23 heavy (non-hydrogen) atoms. The molecule has 8 heteroatoms. The highest BCUT2D eigenvalue weighted by atomic mass is 32.2. The van der Waals surface area contributed by atoms with Gasteiger partial charge >= 0.3 is 0 Å². The number of aliphatic hydroxyl groups is 1. The Labute approximate surface area is 133 Å². The first-order valence-electron chi connectivity index (χ1n) is 6.77. The highest BCUT2D eigenvalue weighted by Gasteiger charge is 2.30. The van der Waals surface area contributed by atoms with Crippen molar-refractivity contribution in [1.82, 2.24) is 4.72 Å². The average Bonchev–Trinajstić information content (AvgIpc) is 2.79. The van der Waals surface area contributed by atoms with E-state index >= 15 is 0 Å². The van der Waals surface area contributed by atoms with Gasteiger partial charge in [0.15, 0.2) is 0 Å². The van der Waals surface area contributed by atoms with E-state index in [2.05, 4.69) is 4.72 Å². The second kappa shape index (κ2) is 6.03. The maximum atomic E-state index is 13.6. The molecule has 1 atom stereocenters. The summed E-state index contributed by atoms with van der Waals surface area (Å²) < 4.78 is 58.4. The fourth-order valence-electron chi connectivity index (χ4n) is 2.26. The summed E-state index contributed by atoms with van der Waals surface area (Å²) in [7, 11) is -4.32. The van der Waals surface area contributed by atoms with E-state index in [1.807, 2.05) is 0 Å². The predicted octanol–water partition coefficient (Wildman–Crippen LogP) is 2.36. The lowest BCUT2D eigenvalue weighted by Gasteiger charge is -2.23. The van der Waals surface area contributed by atoms with Gasteiger partial charge in [0.2, 0.25) is 10.0 Å². The van der Waals surface area contributed by atoms with Crippen molar-refractivity contribution in [2.45, 2.75) is 31.3 Å². The van der Waals surface area contributed by atoms with Crippen molar-refractivity contribution in [2.24, 2.45) is 0 Å². The second-order valence-corrected chi connectivity index (χ2v) is 7.24. The number of aryl methyl sites for hydroxylation is 2. The molecule has 0 aliphatic heterocycles. The Kier molecular flexibility index (Phi) is 4.61. The molecule has 0 spiro atoms. The van der Waals surface area contributed by atoms with E-state index in [1.54, 1.807) is 19.9 Å². The molecule has 5 nitrogen and oxygen atoms in total. The molecule has 1 aromatic heterocycles. The molecular weight excluding hydrogens is 328 g/mol. The number of sulfonamides is 1. The van der Waals surface area contributed by atoms with E-state index in [-0.39, 0.29) is 0 Å². The zero-order valence-electron chi connectivity index (χ0n) is 12.9. The van der Waals surface area contributed by atoms with Crippen LogP contribution in [0.25, 0.3) is 0 Å². The van der Waals surface area contributed by atoms with E-state index in [0.717, 1.165) is 12.1 Å². The average molecular weight is 345 g/mol. The number of rotatable bonds is 5. The number of furan rings is 1. The van der Waals surface area contributed by atoms with Crippen LogP contribution in [0.1, 0.15) is 24.0 Å². The van der Waals surface area contributed by atoms with Crippen molar-refractivity contribution in [2.75, 3.05) is 6.54 Å². The third kappa shape index (κ3) is 3.77. The van der Waals surface area contributed by atoms with Gasteiger partial charge in [0.25, 0.3) is 0 Å². The van der Waals surface area contributed by atoms with E-state index in [0.29, 0.717) is 23.2 Å². The van der Waals surface area contributed by atoms with Gasteiger partial charge in [0.1, 0.15) is 33.7 Å². The molecule has 1 unspecified atom stereocenters. The standard InChI is InChI=1S/C15H17F2NO4S/c1-9-6-12(10(2)22-9)15(3,19)8-18-23(20,21)14-7-11(16)4-5-13(14)17/h4-7,18-19H,8H2,1-3H3. The van der Waals surface area contributed by atoms with Gasteiger partial charge in [-0.25, -0.2) is 21.9 Å². The molecule has 1 heterocycles. The Morgan fingerprint density at radius 3 is 2.48 bits per heavy atom. The van der Waals surface area contributed by atoms with Crippen LogP contribution >= 0.6 is 0 Å². The minimum Gasteiger partial charge on any atom is -0.466 e. The largest absolute Gasteiger partial charge is 0.466 e. The van der Waals surface area contributed by atoms with Crippen molar-refractivity contribution in [1.29, 1.82) is 0 Å². The maximum Gasteiger partial charge on any atom is 0.243 e. The quantitative estimate of drug-likeness (QED) is 0.872. The molecule has 126 valence electrons. The van der Waals surface area contributed by atoms with Crippen LogP contribution in [-0.2, 0) is 15.6 Å². The van der Waals surface area contributed by atoms with Gasteiger partial charge in [0, 0.05) is 12.1 Å². The van der Waals surface area contributed by atoms with Crippen LogP contribution in [0.5, 0.6) is 0 Å². The van der Waals surface area contributed by atoms with Crippen LogP contribution < -0.4 is 4.72 Å². The van der Waals surface area contributed by atoms with E-state index in [9.17, 15) is 22.3 Å². The van der Waals surface area contributed by atoms with Crippen molar-refractivity contribution in [3.63, 3.8) is 0 Å². The molecule has 2 rings (SSSR count). The number of benzene rings is 1. The fraction of sp³-hybridized carbons (Fsp3) is 0.333. The summed E-state index contributed by atoms with van der Waals surface area (Å²) in [4.78, 5) is -0.812. The summed E-state index contributed by atoms with van der Waals surface area (Å²) >= 11 is 0. The van der Waals surface area contributed by atoms with Crippen molar-refractivity contribution in [3.05, 3.63) is 53.0 Å². The Bertz CT molecular complexity index is 828. The Morgan fingerprint density at radius 2 is 1.91 bits per heavy atom. The molecule has 0 bridgehead atoms. The molecule has 2 N–H and O–H groups in total. The van der Waals surface area contributed by atoms with Gasteiger partial charge in [-0.3, -0.25) is 0 Å². The topological polar surface area (TPSA) is 79.5 Å². The summed E-state index contributed by atoms with van der Waals surface area (Å²) in [5.41, 5.74) is -1.16. The summed E-state index contributed by atoms with van der Waals surface area (Å²) in [6, 6.07) is 3.72. The lowest BCUT2D eigenvalue weighted by molar-refractivity contribution is 0.0612. The van der Waals surface area contributed by atoms with Crippen LogP contribution in [0.4, 0.5) is 8.78 Å². The summed E-state index contributed by atoms with van der Waals surface area (Å²) in [6.45, 7) is 4.30. The van der Waals surface area contributed by atoms with Crippen LogP contribution in [0.15, 0.2) is 33.6 Å². The third-order valence-electron chi connectivity index (χ3n) is 3.41. The van der Waals surface area contributed by atoms with Gasteiger partial charge in [-0.1, -0.05) is 0 Å². The van der Waals surface area contributed by atoms with Crippen LogP contribution in [0.3, 0.4) is 0 Å². The number of halogens is 2. The van der Waals surface area contributed by atoms with E-state index < -0.39 is 38.7 Å². The third-order valence-corrected chi connectivity index (χ3v) is 4.83. The zero-order chi connectivity index (χ0) is 17.4. The van der Waals surface area contributed by atoms with Crippen molar-refractivity contribution >= 4 is 10.0 Å². The predicted molar refractivity (Wildman–Crippen MR) is 79.3 cm³/mol. The molecule has 0 saturated heterocycles. The maximum absolute atomic E-state index is 13.6. The number of nitrogens with one attached hydrogen (secondary N) is 1. The summed E-state index contributed by atoms with van der Waals surface area (Å²) in [5, 5.41) is 10.5. The Hall–Kier alpha value is -1.77.